The van der Waals surface area contributed by atoms with Crippen molar-refractivity contribution >= 4 is 22.6 Å². The predicted octanol–water partition coefficient (Wildman–Crippen LogP) is 6.84. The summed E-state index contributed by atoms with van der Waals surface area (Å²) in [4.78, 5) is 19.8. The summed E-state index contributed by atoms with van der Waals surface area (Å²) in [5.74, 6) is -0.0777. The molecule has 1 saturated heterocycles. The zero-order valence-corrected chi connectivity index (χ0v) is 21.7. The number of rotatable bonds is 5. The van der Waals surface area contributed by atoms with Gasteiger partial charge in [-0.15, -0.1) is 0 Å². The van der Waals surface area contributed by atoms with E-state index in [-0.39, 0.29) is 5.91 Å². The summed E-state index contributed by atoms with van der Waals surface area (Å²) >= 11 is 0. The summed E-state index contributed by atoms with van der Waals surface area (Å²) in [5, 5.41) is 4.08. The number of aryl methyl sites for hydroxylation is 2. The average molecular weight is 529 g/mol. The summed E-state index contributed by atoms with van der Waals surface area (Å²) in [6.07, 6.45) is 1.58. The van der Waals surface area contributed by atoms with Gasteiger partial charge in [0.1, 0.15) is 17.3 Å². The smallest absolute Gasteiger partial charge is 0.227 e. The molecule has 0 radical (unpaired) electrons. The summed E-state index contributed by atoms with van der Waals surface area (Å²) in [7, 11) is 1.61. The molecule has 39 heavy (non-hydrogen) atoms. The number of carbonyl (C=O) groups excluding carboxylic acids is 1. The Morgan fingerprint density at radius 2 is 1.74 bits per heavy atom. The fourth-order valence-corrected chi connectivity index (χ4v) is 5.45. The van der Waals surface area contributed by atoms with E-state index in [1.165, 1.54) is 6.07 Å². The Labute approximate surface area is 223 Å². The van der Waals surface area contributed by atoms with Crippen LogP contribution in [0.15, 0.2) is 65.2 Å². The third-order valence-corrected chi connectivity index (χ3v) is 7.26. The molecule has 1 unspecified atom stereocenters. The van der Waals surface area contributed by atoms with E-state index in [4.69, 9.17) is 14.2 Å². The molecular formula is C30H26F2N4O3. The normalized spacial score (nSPS) is 15.8. The molecule has 7 nitrogen and oxygen atoms in total. The maximum Gasteiger partial charge on any atom is 0.227 e. The predicted molar refractivity (Wildman–Crippen MR) is 143 cm³/mol. The van der Waals surface area contributed by atoms with Gasteiger partial charge in [-0.25, -0.2) is 13.8 Å². The Morgan fingerprint density at radius 3 is 2.44 bits per heavy atom. The van der Waals surface area contributed by atoms with E-state index in [0.717, 1.165) is 45.7 Å². The summed E-state index contributed by atoms with van der Waals surface area (Å²) in [5.41, 5.74) is 5.31. The zero-order chi connectivity index (χ0) is 27.3. The molecule has 0 saturated carbocycles. The molecule has 5 aromatic rings. The molecule has 3 aromatic carbocycles. The maximum atomic E-state index is 14.3. The van der Waals surface area contributed by atoms with Gasteiger partial charge < -0.3 is 14.2 Å². The van der Waals surface area contributed by atoms with Gasteiger partial charge in [-0.1, -0.05) is 11.2 Å². The molecule has 0 N–H and O–H groups in total. The van der Waals surface area contributed by atoms with Crippen molar-refractivity contribution in [3.05, 3.63) is 89.6 Å². The highest BCUT2D eigenvalue weighted by molar-refractivity contribution is 5.95. The first kappa shape index (κ1) is 24.8. The molecule has 1 fully saturated rings. The highest BCUT2D eigenvalue weighted by Crippen LogP contribution is 2.39. The standard InChI is InChI=1S/C30H26F2N4O3/c1-17-29(18(2)39-34-17)19-7-14-26-25(15-19)33-30(36(26)20-8-11-22(38-3)12-9-20)27-5-4-6-28(37)35(27)21-10-13-23(31)24(32)16-21/h7-16,27H,4-6H2,1-3H3. The number of piperidine rings is 1. The number of imidazole rings is 1. The second kappa shape index (κ2) is 9.65. The second-order valence-corrected chi connectivity index (χ2v) is 9.68. The number of halogens is 2. The van der Waals surface area contributed by atoms with Crippen LogP contribution in [0.3, 0.4) is 0 Å². The van der Waals surface area contributed by atoms with Crippen LogP contribution in [-0.2, 0) is 4.79 Å². The van der Waals surface area contributed by atoms with E-state index in [1.54, 1.807) is 12.0 Å². The van der Waals surface area contributed by atoms with Crippen molar-refractivity contribution in [3.8, 4) is 22.6 Å². The number of fused-ring (bicyclic) bond motifs is 1. The lowest BCUT2D eigenvalue weighted by Crippen LogP contribution is -2.39. The number of ether oxygens (including phenoxy) is 1. The third kappa shape index (κ3) is 4.24. The Morgan fingerprint density at radius 1 is 0.974 bits per heavy atom. The fourth-order valence-electron chi connectivity index (χ4n) is 5.45. The van der Waals surface area contributed by atoms with Crippen molar-refractivity contribution < 1.29 is 22.8 Å². The number of amides is 1. The van der Waals surface area contributed by atoms with Crippen LogP contribution in [0, 0.1) is 25.5 Å². The van der Waals surface area contributed by atoms with Crippen molar-refractivity contribution in [2.75, 3.05) is 12.0 Å². The number of methoxy groups -OCH3 is 1. The van der Waals surface area contributed by atoms with Crippen LogP contribution in [0.25, 0.3) is 27.8 Å². The van der Waals surface area contributed by atoms with Crippen LogP contribution in [0.2, 0.25) is 0 Å². The minimum Gasteiger partial charge on any atom is -0.497 e. The largest absolute Gasteiger partial charge is 0.497 e. The molecule has 1 aliphatic heterocycles. The lowest BCUT2D eigenvalue weighted by molar-refractivity contribution is -0.120. The zero-order valence-electron chi connectivity index (χ0n) is 21.7. The fraction of sp³-hybridized carbons (Fsp3) is 0.233. The Bertz CT molecular complexity index is 1690. The number of aromatic nitrogens is 3. The first-order valence-electron chi connectivity index (χ1n) is 12.7. The topological polar surface area (TPSA) is 73.4 Å². The number of hydrogen-bond acceptors (Lipinski definition) is 5. The Balaban J connectivity index is 1.56. The van der Waals surface area contributed by atoms with Crippen LogP contribution in [0.5, 0.6) is 5.75 Å². The van der Waals surface area contributed by atoms with E-state index in [0.29, 0.717) is 42.3 Å². The lowest BCUT2D eigenvalue weighted by Gasteiger charge is -2.35. The molecule has 1 amide bonds. The number of hydrogen-bond donors (Lipinski definition) is 0. The molecule has 1 atom stereocenters. The van der Waals surface area contributed by atoms with Gasteiger partial charge in [0.25, 0.3) is 0 Å². The van der Waals surface area contributed by atoms with Crippen LogP contribution < -0.4 is 9.64 Å². The van der Waals surface area contributed by atoms with Crippen molar-refractivity contribution in [3.63, 3.8) is 0 Å². The van der Waals surface area contributed by atoms with Gasteiger partial charge in [-0.2, -0.15) is 0 Å². The van der Waals surface area contributed by atoms with Crippen LogP contribution in [0.1, 0.15) is 42.6 Å². The van der Waals surface area contributed by atoms with E-state index >= 15 is 0 Å². The summed E-state index contributed by atoms with van der Waals surface area (Å²) in [6, 6.07) is 16.6. The van der Waals surface area contributed by atoms with Crippen molar-refractivity contribution in [2.45, 2.75) is 39.2 Å². The maximum absolute atomic E-state index is 14.3. The second-order valence-electron chi connectivity index (χ2n) is 9.68. The number of carbonyl (C=O) groups is 1. The van der Waals surface area contributed by atoms with Crippen LogP contribution in [0.4, 0.5) is 14.5 Å². The molecule has 198 valence electrons. The van der Waals surface area contributed by atoms with E-state index in [9.17, 15) is 13.6 Å². The van der Waals surface area contributed by atoms with Crippen LogP contribution in [-0.4, -0.2) is 27.7 Å². The van der Waals surface area contributed by atoms with Gasteiger partial charge >= 0.3 is 0 Å². The first-order valence-corrected chi connectivity index (χ1v) is 12.7. The molecule has 0 bridgehead atoms. The molecule has 9 heteroatoms. The summed E-state index contributed by atoms with van der Waals surface area (Å²) in [6.45, 7) is 3.76. The van der Waals surface area contributed by atoms with Crippen LogP contribution >= 0.6 is 0 Å². The van der Waals surface area contributed by atoms with Gasteiger partial charge in [-0.3, -0.25) is 9.36 Å². The van der Waals surface area contributed by atoms with Gasteiger partial charge in [0.05, 0.1) is 29.9 Å². The molecule has 2 aromatic heterocycles. The molecule has 1 aliphatic rings. The third-order valence-electron chi connectivity index (χ3n) is 7.26. The minimum atomic E-state index is -1.00. The highest BCUT2D eigenvalue weighted by Gasteiger charge is 2.35. The Kier molecular flexibility index (Phi) is 6.13. The molecule has 0 aliphatic carbocycles. The minimum absolute atomic E-state index is 0.165. The number of benzene rings is 3. The first-order chi connectivity index (χ1) is 18.9. The SMILES string of the molecule is COc1ccc(-n2c(C3CCCC(=O)N3c3ccc(F)c(F)c3)nc3cc(-c4c(C)noc4C)ccc32)cc1. The molecule has 3 heterocycles. The van der Waals surface area contributed by atoms with Gasteiger partial charge in [0, 0.05) is 29.4 Å². The van der Waals surface area contributed by atoms with Gasteiger partial charge in [0.2, 0.25) is 5.91 Å². The van der Waals surface area contributed by atoms with E-state index in [1.807, 2.05) is 60.9 Å². The van der Waals surface area contributed by atoms with E-state index < -0.39 is 17.7 Å². The van der Waals surface area contributed by atoms with Gasteiger partial charge in [0.15, 0.2) is 11.6 Å². The summed E-state index contributed by atoms with van der Waals surface area (Å²) < 4.78 is 40.8. The average Bonchev–Trinajstić information content (AvgIpc) is 3.48. The van der Waals surface area contributed by atoms with E-state index in [2.05, 4.69) is 5.16 Å². The monoisotopic (exact) mass is 528 g/mol. The molecule has 0 spiro atoms. The quantitative estimate of drug-likeness (QED) is 0.250. The molecular weight excluding hydrogens is 502 g/mol. The lowest BCUT2D eigenvalue weighted by atomic mass is 9.99. The van der Waals surface area contributed by atoms with Crippen molar-refractivity contribution in [2.24, 2.45) is 0 Å². The van der Waals surface area contributed by atoms with Gasteiger partial charge in [-0.05, 0) is 80.8 Å². The van der Waals surface area contributed by atoms with Crippen molar-refractivity contribution in [1.82, 2.24) is 14.7 Å². The Hall–Kier alpha value is -4.53. The molecule has 6 rings (SSSR count). The highest BCUT2D eigenvalue weighted by atomic mass is 19.2. The number of anilines is 1. The van der Waals surface area contributed by atoms with Crippen molar-refractivity contribution in [1.29, 1.82) is 0 Å². The number of nitrogens with zero attached hydrogens (tertiary/aromatic N) is 4.